The van der Waals surface area contributed by atoms with E-state index in [4.69, 9.17) is 4.74 Å². The molecule has 0 bridgehead atoms. The van der Waals surface area contributed by atoms with E-state index in [9.17, 15) is 5.11 Å². The van der Waals surface area contributed by atoms with Crippen molar-refractivity contribution in [3.63, 3.8) is 0 Å². The molecule has 0 aromatic rings. The first-order valence-electron chi connectivity index (χ1n) is 13.3. The molecule has 10 unspecified atom stereocenters. The molecular formula is C28H46O2. The van der Waals surface area contributed by atoms with Crippen molar-refractivity contribution in [1.29, 1.82) is 0 Å². The van der Waals surface area contributed by atoms with E-state index >= 15 is 0 Å². The van der Waals surface area contributed by atoms with Gasteiger partial charge in [0.25, 0.3) is 0 Å². The van der Waals surface area contributed by atoms with Crippen LogP contribution in [0.5, 0.6) is 0 Å². The summed E-state index contributed by atoms with van der Waals surface area (Å²) in [5.41, 5.74) is 0.877. The van der Waals surface area contributed by atoms with Crippen LogP contribution in [0.25, 0.3) is 0 Å². The van der Waals surface area contributed by atoms with E-state index in [1.54, 1.807) is 0 Å². The minimum atomic E-state index is -0.131. The molecule has 4 saturated carbocycles. The second-order valence-corrected chi connectivity index (χ2v) is 12.7. The molecule has 1 N–H and O–H groups in total. The highest BCUT2D eigenvalue weighted by molar-refractivity contribution is 5.24. The minimum absolute atomic E-state index is 0.0341. The van der Waals surface area contributed by atoms with Crippen LogP contribution in [0.3, 0.4) is 0 Å². The van der Waals surface area contributed by atoms with Crippen LogP contribution < -0.4 is 0 Å². The highest BCUT2D eigenvalue weighted by Gasteiger charge is 2.75. The number of aliphatic hydroxyl groups excluding tert-OH is 1. The first kappa shape index (κ1) is 21.5. The van der Waals surface area contributed by atoms with Crippen LogP contribution in [0.4, 0.5) is 0 Å². The molecule has 0 radical (unpaired) electrons. The highest BCUT2D eigenvalue weighted by Crippen LogP contribution is 2.74. The summed E-state index contributed by atoms with van der Waals surface area (Å²) >= 11 is 0. The maximum Gasteiger partial charge on any atom is 0.103 e. The lowest BCUT2D eigenvalue weighted by atomic mass is 9.44. The van der Waals surface area contributed by atoms with Crippen molar-refractivity contribution >= 4 is 0 Å². The summed E-state index contributed by atoms with van der Waals surface area (Å²) in [6.45, 7) is 12.3. The summed E-state index contributed by atoms with van der Waals surface area (Å²) in [6, 6.07) is 0. The van der Waals surface area contributed by atoms with Crippen molar-refractivity contribution in [1.82, 2.24) is 0 Å². The molecule has 1 saturated heterocycles. The van der Waals surface area contributed by atoms with Crippen molar-refractivity contribution in [2.75, 3.05) is 0 Å². The molecule has 0 aromatic carbocycles. The second kappa shape index (κ2) is 7.34. The molecule has 1 spiro atoms. The zero-order valence-electron chi connectivity index (χ0n) is 20.2. The molecule has 0 amide bonds. The maximum atomic E-state index is 10.4. The van der Waals surface area contributed by atoms with Gasteiger partial charge in [0, 0.05) is 11.8 Å². The predicted octanol–water partition coefficient (Wildman–Crippen LogP) is 6.77. The Labute approximate surface area is 185 Å². The smallest absolute Gasteiger partial charge is 0.103 e. The van der Waals surface area contributed by atoms with Gasteiger partial charge in [-0.05, 0) is 98.7 Å². The molecule has 0 aromatic heterocycles. The Morgan fingerprint density at radius 1 is 1.07 bits per heavy atom. The molecule has 5 fully saturated rings. The summed E-state index contributed by atoms with van der Waals surface area (Å²) in [7, 11) is 0. The predicted molar refractivity (Wildman–Crippen MR) is 123 cm³/mol. The average Bonchev–Trinajstić information content (AvgIpc) is 3.29. The van der Waals surface area contributed by atoms with E-state index in [1.807, 2.05) is 0 Å². The standard InChI is InChI=1S/C28H46O2/c1-6-19(18(2)3)8-7-9-20-10-11-23-22-16-25-28(30-25)17-21(29)12-15-27(28,5)24(22)13-14-26(20,23)4/h7-8,18-25,29H,6,9-17H2,1-5H3/b8-7+. The Kier molecular flexibility index (Phi) is 5.26. The van der Waals surface area contributed by atoms with Crippen LogP contribution in [0.15, 0.2) is 12.2 Å². The molecule has 2 heteroatoms. The number of rotatable bonds is 5. The van der Waals surface area contributed by atoms with Crippen molar-refractivity contribution in [2.45, 2.75) is 117 Å². The van der Waals surface area contributed by atoms with E-state index < -0.39 is 0 Å². The van der Waals surface area contributed by atoms with Crippen molar-refractivity contribution in [2.24, 2.45) is 46.3 Å². The van der Waals surface area contributed by atoms with Gasteiger partial charge in [0.2, 0.25) is 0 Å². The molecule has 2 nitrogen and oxygen atoms in total. The van der Waals surface area contributed by atoms with Gasteiger partial charge in [-0.2, -0.15) is 0 Å². The quantitative estimate of drug-likeness (QED) is 0.398. The van der Waals surface area contributed by atoms with Gasteiger partial charge in [-0.1, -0.05) is 46.8 Å². The van der Waals surface area contributed by atoms with Gasteiger partial charge in [-0.25, -0.2) is 0 Å². The van der Waals surface area contributed by atoms with Gasteiger partial charge in [-0.15, -0.1) is 0 Å². The van der Waals surface area contributed by atoms with Gasteiger partial charge in [0.15, 0.2) is 0 Å². The fourth-order valence-electron chi connectivity index (χ4n) is 9.40. The third-order valence-corrected chi connectivity index (χ3v) is 11.4. The van der Waals surface area contributed by atoms with Crippen molar-refractivity contribution in [3.8, 4) is 0 Å². The van der Waals surface area contributed by atoms with Crippen molar-refractivity contribution < 1.29 is 9.84 Å². The lowest BCUT2D eigenvalue weighted by Gasteiger charge is -2.59. The number of epoxide rings is 1. The SMILES string of the molecule is CCC(/C=C/CC1CCC2C3CC4OC45CC(O)CCC5(C)C3CCC12C)C(C)C. The van der Waals surface area contributed by atoms with Gasteiger partial charge >= 0.3 is 0 Å². The van der Waals surface area contributed by atoms with Crippen molar-refractivity contribution in [3.05, 3.63) is 12.2 Å². The second-order valence-electron chi connectivity index (χ2n) is 12.7. The largest absolute Gasteiger partial charge is 0.393 e. The molecule has 30 heavy (non-hydrogen) atoms. The van der Waals surface area contributed by atoms with E-state index in [0.29, 0.717) is 16.9 Å². The molecule has 1 heterocycles. The Morgan fingerprint density at radius 3 is 2.60 bits per heavy atom. The number of hydrogen-bond acceptors (Lipinski definition) is 2. The lowest BCUT2D eigenvalue weighted by Crippen LogP contribution is -2.58. The van der Waals surface area contributed by atoms with Gasteiger partial charge in [-0.3, -0.25) is 0 Å². The highest BCUT2D eigenvalue weighted by atomic mass is 16.6. The molecule has 4 aliphatic carbocycles. The third-order valence-electron chi connectivity index (χ3n) is 11.4. The maximum absolute atomic E-state index is 10.4. The minimum Gasteiger partial charge on any atom is -0.393 e. The normalized spacial score (nSPS) is 53.2. The number of aliphatic hydroxyl groups is 1. The number of fused-ring (bicyclic) bond motifs is 4. The van der Waals surface area contributed by atoms with Gasteiger partial charge < -0.3 is 9.84 Å². The summed E-state index contributed by atoms with van der Waals surface area (Å²) in [6.07, 6.45) is 18.0. The summed E-state index contributed by atoms with van der Waals surface area (Å²) in [5, 5.41) is 10.4. The Bertz CT molecular complexity index is 684. The Hall–Kier alpha value is -0.340. The Morgan fingerprint density at radius 2 is 1.87 bits per heavy atom. The van der Waals surface area contributed by atoms with E-state index in [-0.39, 0.29) is 11.7 Å². The van der Waals surface area contributed by atoms with E-state index in [1.165, 1.54) is 51.4 Å². The van der Waals surface area contributed by atoms with E-state index in [0.717, 1.165) is 48.3 Å². The fraction of sp³-hybridized carbons (Fsp3) is 0.929. The summed E-state index contributed by atoms with van der Waals surface area (Å²) < 4.78 is 6.50. The van der Waals surface area contributed by atoms with Crippen LogP contribution in [-0.4, -0.2) is 22.9 Å². The van der Waals surface area contributed by atoms with Crippen LogP contribution in [0.1, 0.15) is 98.8 Å². The number of allylic oxidation sites excluding steroid dienone is 2. The zero-order valence-corrected chi connectivity index (χ0v) is 20.2. The first-order chi connectivity index (χ1) is 14.2. The van der Waals surface area contributed by atoms with E-state index in [2.05, 4.69) is 46.8 Å². The number of hydrogen-bond donors (Lipinski definition) is 1. The van der Waals surface area contributed by atoms with Crippen LogP contribution >= 0.6 is 0 Å². The molecule has 5 rings (SSSR count). The third kappa shape index (κ3) is 2.95. The average molecular weight is 415 g/mol. The number of ether oxygens (including phenoxy) is 1. The Balaban J connectivity index is 1.32. The molecule has 170 valence electrons. The first-order valence-corrected chi connectivity index (χ1v) is 13.3. The van der Waals surface area contributed by atoms with Crippen LogP contribution in [-0.2, 0) is 4.74 Å². The van der Waals surface area contributed by atoms with Crippen LogP contribution in [0.2, 0.25) is 0 Å². The summed E-state index contributed by atoms with van der Waals surface area (Å²) in [5.74, 6) is 4.94. The molecule has 1 aliphatic heterocycles. The zero-order chi connectivity index (χ0) is 21.3. The monoisotopic (exact) mass is 414 g/mol. The van der Waals surface area contributed by atoms with Gasteiger partial charge in [0.05, 0.1) is 12.2 Å². The molecular weight excluding hydrogens is 368 g/mol. The fourth-order valence-corrected chi connectivity index (χ4v) is 9.40. The lowest BCUT2D eigenvalue weighted by molar-refractivity contribution is -0.113. The molecule has 5 aliphatic rings. The summed E-state index contributed by atoms with van der Waals surface area (Å²) in [4.78, 5) is 0. The topological polar surface area (TPSA) is 32.8 Å². The van der Waals surface area contributed by atoms with Crippen LogP contribution in [0, 0.1) is 46.3 Å². The molecule has 10 atom stereocenters. The van der Waals surface area contributed by atoms with Gasteiger partial charge in [0.1, 0.15) is 5.60 Å².